The quantitative estimate of drug-likeness (QED) is 0.441. The smallest absolute Gasteiger partial charge is 0.257 e. The number of hydrogen-bond acceptors (Lipinski definition) is 3. The van der Waals surface area contributed by atoms with Crippen LogP contribution in [0.15, 0.2) is 30.3 Å². The number of carbonyl (C=O) groups is 2. The van der Waals surface area contributed by atoms with Gasteiger partial charge in [0.25, 0.3) is 5.91 Å². The van der Waals surface area contributed by atoms with Gasteiger partial charge in [0.15, 0.2) is 5.82 Å². The molecule has 1 saturated carbocycles. The molecule has 5 nitrogen and oxygen atoms in total. The van der Waals surface area contributed by atoms with E-state index in [0.717, 1.165) is 12.1 Å². The minimum atomic E-state index is -1.08. The van der Waals surface area contributed by atoms with Gasteiger partial charge in [0, 0.05) is 12.2 Å². The van der Waals surface area contributed by atoms with E-state index in [1.807, 2.05) is 6.92 Å². The number of hydrogen-bond donors (Lipinski definition) is 3. The highest BCUT2D eigenvalue weighted by molar-refractivity contribution is 6.52. The summed E-state index contributed by atoms with van der Waals surface area (Å²) in [6.07, 6.45) is 1.00. The first kappa shape index (κ1) is 22.6. The van der Waals surface area contributed by atoms with Crippen LogP contribution in [0.25, 0.3) is 0 Å². The molecule has 2 aromatic rings. The first-order valence-electron chi connectivity index (χ1n) is 9.15. The second-order valence-electron chi connectivity index (χ2n) is 6.87. The van der Waals surface area contributed by atoms with E-state index in [1.54, 1.807) is 0 Å². The fraction of sp³-hybridized carbons (Fsp3) is 0.300. The number of carbonyl (C=O) groups excluding carboxylic acids is 2. The molecule has 3 rings (SSSR count). The standard InChI is InChI=1S/C20H18Cl3F2N3O2/c1-2-7-26-17-14(24)5-6-15(16(17)25)28-18(29)11-8-10(3-4-13(11)21)27-19(30)12-9-20(12,22)23/h3-6,8,12,26H,2,7,9H2,1H3,(H,27,30)(H,28,29). The predicted molar refractivity (Wildman–Crippen MR) is 116 cm³/mol. The molecule has 1 unspecified atom stereocenters. The van der Waals surface area contributed by atoms with Gasteiger partial charge in [-0.3, -0.25) is 9.59 Å². The van der Waals surface area contributed by atoms with Crippen LogP contribution >= 0.6 is 34.8 Å². The molecule has 10 heteroatoms. The summed E-state index contributed by atoms with van der Waals surface area (Å²) >= 11 is 17.9. The van der Waals surface area contributed by atoms with Crippen molar-refractivity contribution < 1.29 is 18.4 Å². The third kappa shape index (κ3) is 4.96. The lowest BCUT2D eigenvalue weighted by molar-refractivity contribution is -0.117. The molecule has 0 bridgehead atoms. The Balaban J connectivity index is 1.78. The Morgan fingerprint density at radius 1 is 1.17 bits per heavy atom. The highest BCUT2D eigenvalue weighted by atomic mass is 35.5. The van der Waals surface area contributed by atoms with Crippen molar-refractivity contribution in [2.75, 3.05) is 22.5 Å². The predicted octanol–water partition coefficient (Wildman–Crippen LogP) is 5.82. The molecule has 0 aromatic heterocycles. The lowest BCUT2D eigenvalue weighted by Gasteiger charge is -2.13. The van der Waals surface area contributed by atoms with Crippen LogP contribution in [0.2, 0.25) is 5.02 Å². The number of rotatable bonds is 7. The van der Waals surface area contributed by atoms with Gasteiger partial charge in [-0.05, 0) is 43.2 Å². The molecule has 1 aliphatic carbocycles. The van der Waals surface area contributed by atoms with E-state index in [-0.39, 0.29) is 27.9 Å². The molecule has 0 saturated heterocycles. The van der Waals surface area contributed by atoms with E-state index >= 15 is 0 Å². The number of nitrogens with one attached hydrogen (secondary N) is 3. The van der Waals surface area contributed by atoms with Crippen molar-refractivity contribution in [1.82, 2.24) is 0 Å². The van der Waals surface area contributed by atoms with Crippen molar-refractivity contribution in [3.05, 3.63) is 52.6 Å². The Kier molecular flexibility index (Phi) is 6.75. The molecular formula is C20H18Cl3F2N3O2. The third-order valence-corrected chi connectivity index (χ3v) is 5.68. The van der Waals surface area contributed by atoms with Gasteiger partial charge in [0.1, 0.15) is 15.8 Å². The summed E-state index contributed by atoms with van der Waals surface area (Å²) in [5, 5.41) is 7.74. The number of anilines is 3. The molecule has 0 heterocycles. The van der Waals surface area contributed by atoms with E-state index in [9.17, 15) is 18.4 Å². The maximum Gasteiger partial charge on any atom is 0.257 e. The average molecular weight is 477 g/mol. The Morgan fingerprint density at radius 2 is 1.87 bits per heavy atom. The first-order chi connectivity index (χ1) is 14.1. The van der Waals surface area contributed by atoms with Crippen LogP contribution in [0.4, 0.5) is 25.8 Å². The number of alkyl halides is 2. The fourth-order valence-corrected chi connectivity index (χ4v) is 3.47. The van der Waals surface area contributed by atoms with Gasteiger partial charge in [-0.25, -0.2) is 8.78 Å². The summed E-state index contributed by atoms with van der Waals surface area (Å²) in [6, 6.07) is 6.44. The van der Waals surface area contributed by atoms with Crippen molar-refractivity contribution in [3.8, 4) is 0 Å². The van der Waals surface area contributed by atoms with Crippen LogP contribution in [0.1, 0.15) is 30.1 Å². The molecule has 0 aliphatic heterocycles. The van der Waals surface area contributed by atoms with Crippen LogP contribution in [0, 0.1) is 17.6 Å². The summed E-state index contributed by atoms with van der Waals surface area (Å²) < 4.78 is 27.4. The summed E-state index contributed by atoms with van der Waals surface area (Å²) in [4.78, 5) is 24.8. The maximum atomic E-state index is 14.6. The number of benzene rings is 2. The maximum absolute atomic E-state index is 14.6. The van der Waals surface area contributed by atoms with Gasteiger partial charge in [-0.1, -0.05) is 18.5 Å². The van der Waals surface area contributed by atoms with Gasteiger partial charge >= 0.3 is 0 Å². The van der Waals surface area contributed by atoms with E-state index in [4.69, 9.17) is 34.8 Å². The molecule has 1 atom stereocenters. The Labute approximate surface area is 187 Å². The van der Waals surface area contributed by atoms with Crippen molar-refractivity contribution in [2.24, 2.45) is 5.92 Å². The molecular weight excluding hydrogens is 459 g/mol. The van der Waals surface area contributed by atoms with Crippen LogP contribution in [0.3, 0.4) is 0 Å². The van der Waals surface area contributed by atoms with E-state index in [2.05, 4.69) is 16.0 Å². The summed E-state index contributed by atoms with van der Waals surface area (Å²) in [5.74, 6) is -3.34. The molecule has 2 amide bonds. The Bertz CT molecular complexity index is 1000. The van der Waals surface area contributed by atoms with Crippen molar-refractivity contribution >= 4 is 63.7 Å². The lowest BCUT2D eigenvalue weighted by atomic mass is 10.1. The largest absolute Gasteiger partial charge is 0.380 e. The van der Waals surface area contributed by atoms with Crippen molar-refractivity contribution in [1.29, 1.82) is 0 Å². The molecule has 1 fully saturated rings. The Morgan fingerprint density at radius 3 is 2.50 bits per heavy atom. The zero-order chi connectivity index (χ0) is 22.1. The topological polar surface area (TPSA) is 70.2 Å². The number of amides is 2. The SMILES string of the molecule is CCCNc1c(F)ccc(NC(=O)c2cc(NC(=O)C3CC3(Cl)Cl)ccc2Cl)c1F. The van der Waals surface area contributed by atoms with Crippen LogP contribution in [-0.4, -0.2) is 22.7 Å². The van der Waals surface area contributed by atoms with E-state index in [0.29, 0.717) is 25.1 Å². The van der Waals surface area contributed by atoms with Gasteiger partial charge < -0.3 is 16.0 Å². The lowest BCUT2D eigenvalue weighted by Crippen LogP contribution is -2.18. The molecule has 2 aromatic carbocycles. The Hall–Kier alpha value is -2.09. The second-order valence-corrected chi connectivity index (χ2v) is 8.82. The van der Waals surface area contributed by atoms with E-state index < -0.39 is 27.8 Å². The van der Waals surface area contributed by atoms with Crippen LogP contribution < -0.4 is 16.0 Å². The van der Waals surface area contributed by atoms with Crippen molar-refractivity contribution in [2.45, 2.75) is 24.1 Å². The average Bonchev–Trinajstić information content (AvgIpc) is 3.34. The zero-order valence-corrected chi connectivity index (χ0v) is 18.1. The van der Waals surface area contributed by atoms with Gasteiger partial charge in [-0.2, -0.15) is 0 Å². The highest BCUT2D eigenvalue weighted by Crippen LogP contribution is 2.53. The van der Waals surface area contributed by atoms with Gasteiger partial charge in [-0.15, -0.1) is 23.2 Å². The molecule has 30 heavy (non-hydrogen) atoms. The third-order valence-electron chi connectivity index (χ3n) is 4.51. The van der Waals surface area contributed by atoms with Crippen LogP contribution in [-0.2, 0) is 4.79 Å². The molecule has 160 valence electrons. The van der Waals surface area contributed by atoms with Crippen LogP contribution in [0.5, 0.6) is 0 Å². The van der Waals surface area contributed by atoms with Gasteiger partial charge in [0.2, 0.25) is 5.91 Å². The van der Waals surface area contributed by atoms with Gasteiger partial charge in [0.05, 0.1) is 22.2 Å². The van der Waals surface area contributed by atoms with E-state index in [1.165, 1.54) is 18.2 Å². The molecule has 3 N–H and O–H groups in total. The van der Waals surface area contributed by atoms with Crippen molar-refractivity contribution in [3.63, 3.8) is 0 Å². The summed E-state index contributed by atoms with van der Waals surface area (Å²) in [7, 11) is 0. The fourth-order valence-electron chi connectivity index (χ4n) is 2.75. The molecule has 1 aliphatic rings. The molecule has 0 radical (unpaired) electrons. The highest BCUT2D eigenvalue weighted by Gasteiger charge is 2.56. The number of halogens is 5. The second kappa shape index (κ2) is 8.96. The zero-order valence-electron chi connectivity index (χ0n) is 15.8. The minimum absolute atomic E-state index is 0.0000613. The summed E-state index contributed by atoms with van der Waals surface area (Å²) in [6.45, 7) is 2.22. The first-order valence-corrected chi connectivity index (χ1v) is 10.3. The minimum Gasteiger partial charge on any atom is -0.380 e. The normalized spacial score (nSPS) is 16.7. The monoisotopic (exact) mass is 475 g/mol. The summed E-state index contributed by atoms with van der Waals surface area (Å²) in [5.41, 5.74) is -0.232. The molecule has 0 spiro atoms.